The minimum atomic E-state index is 0.0852. The topological polar surface area (TPSA) is 60.9 Å². The van der Waals surface area contributed by atoms with E-state index in [4.69, 9.17) is 16.0 Å². The fraction of sp³-hybridized carbons (Fsp3) is 0.381. The zero-order valence-corrected chi connectivity index (χ0v) is 17.5. The Morgan fingerprint density at radius 2 is 2.00 bits per heavy atom. The molecule has 28 heavy (non-hydrogen) atoms. The summed E-state index contributed by atoms with van der Waals surface area (Å²) in [7, 11) is 0. The first-order chi connectivity index (χ1) is 13.5. The van der Waals surface area contributed by atoms with Gasteiger partial charge >= 0.3 is 0 Å². The van der Waals surface area contributed by atoms with Gasteiger partial charge in [0.1, 0.15) is 0 Å². The predicted octanol–water partition coefficient (Wildman–Crippen LogP) is 5.24. The van der Waals surface area contributed by atoms with E-state index in [9.17, 15) is 4.79 Å². The Labute approximate surface area is 173 Å². The summed E-state index contributed by atoms with van der Waals surface area (Å²) in [4.78, 5) is 12.7. The molecule has 1 aromatic carbocycles. The van der Waals surface area contributed by atoms with Gasteiger partial charge in [-0.25, -0.2) is 0 Å². The number of rotatable bonds is 8. The highest BCUT2D eigenvalue weighted by molar-refractivity contribution is 7.99. The number of thioether (sulfide) groups is 1. The number of benzene rings is 1. The normalized spacial score (nSPS) is 13.8. The Balaban J connectivity index is 1.38. The van der Waals surface area contributed by atoms with Gasteiger partial charge in [0.15, 0.2) is 5.78 Å². The molecule has 0 atom stereocenters. The van der Waals surface area contributed by atoms with Gasteiger partial charge < -0.3 is 8.98 Å². The zero-order valence-electron chi connectivity index (χ0n) is 15.9. The third kappa shape index (κ3) is 4.33. The smallest absolute Gasteiger partial charge is 0.277 e. The van der Waals surface area contributed by atoms with E-state index in [1.807, 2.05) is 44.2 Å². The quantitative estimate of drug-likeness (QED) is 0.372. The van der Waals surface area contributed by atoms with Crippen molar-refractivity contribution in [1.82, 2.24) is 14.8 Å². The lowest BCUT2D eigenvalue weighted by Crippen LogP contribution is -2.08. The number of ketones is 1. The van der Waals surface area contributed by atoms with Gasteiger partial charge in [-0.15, -0.1) is 10.2 Å². The van der Waals surface area contributed by atoms with Gasteiger partial charge in [0.2, 0.25) is 5.89 Å². The monoisotopic (exact) mass is 415 g/mol. The molecule has 7 heteroatoms. The average Bonchev–Trinajstić information content (AvgIpc) is 3.36. The summed E-state index contributed by atoms with van der Waals surface area (Å²) < 4.78 is 7.82. The van der Waals surface area contributed by atoms with Crippen LogP contribution in [0.4, 0.5) is 0 Å². The molecule has 4 rings (SSSR count). The zero-order chi connectivity index (χ0) is 19.7. The second-order valence-corrected chi connectivity index (χ2v) is 8.57. The summed E-state index contributed by atoms with van der Waals surface area (Å²) >= 11 is 7.26. The largest absolute Gasteiger partial charge is 0.416 e. The number of hydrogen-bond donors (Lipinski definition) is 0. The van der Waals surface area contributed by atoms with Crippen molar-refractivity contribution in [2.24, 2.45) is 0 Å². The summed E-state index contributed by atoms with van der Waals surface area (Å²) in [6, 6.07) is 9.87. The van der Waals surface area contributed by atoms with Gasteiger partial charge in [-0.3, -0.25) is 4.79 Å². The molecule has 1 aliphatic rings. The van der Waals surface area contributed by atoms with Gasteiger partial charge in [0.25, 0.3) is 5.22 Å². The third-order valence-corrected chi connectivity index (χ3v) is 6.16. The molecule has 2 heterocycles. The van der Waals surface area contributed by atoms with Crippen molar-refractivity contribution in [2.45, 2.75) is 50.8 Å². The van der Waals surface area contributed by atoms with Crippen LogP contribution in [0.1, 0.15) is 52.0 Å². The first kappa shape index (κ1) is 19.3. The van der Waals surface area contributed by atoms with E-state index in [1.54, 1.807) is 0 Å². The molecule has 0 aliphatic heterocycles. The second kappa shape index (κ2) is 8.13. The summed E-state index contributed by atoms with van der Waals surface area (Å²) in [6.07, 6.45) is 3.13. The van der Waals surface area contributed by atoms with Gasteiger partial charge in [0.05, 0.1) is 5.75 Å². The van der Waals surface area contributed by atoms with Crippen LogP contribution in [0.5, 0.6) is 0 Å². The molecule has 0 bridgehead atoms. The van der Waals surface area contributed by atoms with Crippen LogP contribution in [-0.2, 0) is 13.0 Å². The SMILES string of the molecule is Cc1cc(C(=O)CSc2nnc(C3CC3)o2)c(C)n1CCc1ccc(Cl)cc1. The fourth-order valence-corrected chi connectivity index (χ4v) is 4.08. The van der Waals surface area contributed by atoms with Crippen LogP contribution in [0.25, 0.3) is 0 Å². The van der Waals surface area contributed by atoms with Crippen molar-refractivity contribution in [2.75, 3.05) is 5.75 Å². The van der Waals surface area contributed by atoms with Gasteiger partial charge in [0, 0.05) is 34.4 Å². The van der Waals surface area contributed by atoms with Crippen LogP contribution in [0.15, 0.2) is 40.0 Å². The number of halogens is 1. The molecule has 146 valence electrons. The average molecular weight is 416 g/mol. The van der Waals surface area contributed by atoms with E-state index in [-0.39, 0.29) is 5.78 Å². The predicted molar refractivity (Wildman–Crippen MR) is 110 cm³/mol. The number of carbonyl (C=O) groups excluding carboxylic acids is 1. The maximum atomic E-state index is 12.7. The molecule has 0 unspecified atom stereocenters. The van der Waals surface area contributed by atoms with E-state index in [0.29, 0.717) is 22.8 Å². The van der Waals surface area contributed by atoms with Crippen molar-refractivity contribution >= 4 is 29.1 Å². The molecule has 1 aliphatic carbocycles. The molecule has 1 fully saturated rings. The Kier molecular flexibility index (Phi) is 5.60. The fourth-order valence-electron chi connectivity index (χ4n) is 3.30. The highest BCUT2D eigenvalue weighted by Gasteiger charge is 2.29. The number of Topliss-reactive ketones (excluding diaryl/α,β-unsaturated/α-hetero) is 1. The summed E-state index contributed by atoms with van der Waals surface area (Å²) in [5.41, 5.74) is 4.08. The lowest BCUT2D eigenvalue weighted by molar-refractivity contribution is 0.102. The van der Waals surface area contributed by atoms with Crippen molar-refractivity contribution < 1.29 is 9.21 Å². The van der Waals surface area contributed by atoms with E-state index < -0.39 is 0 Å². The van der Waals surface area contributed by atoms with Crippen LogP contribution in [0, 0.1) is 13.8 Å². The first-order valence-electron chi connectivity index (χ1n) is 9.42. The Morgan fingerprint density at radius 1 is 1.25 bits per heavy atom. The molecule has 3 aromatic rings. The Hall–Kier alpha value is -2.05. The summed E-state index contributed by atoms with van der Waals surface area (Å²) in [5, 5.41) is 9.32. The molecular formula is C21H22ClN3O2S. The highest BCUT2D eigenvalue weighted by atomic mass is 35.5. The first-order valence-corrected chi connectivity index (χ1v) is 10.8. The molecule has 0 spiro atoms. The minimum absolute atomic E-state index is 0.0852. The van der Waals surface area contributed by atoms with Crippen LogP contribution in [-0.4, -0.2) is 26.3 Å². The molecule has 0 radical (unpaired) electrons. The number of aromatic nitrogens is 3. The molecule has 0 N–H and O–H groups in total. The van der Waals surface area contributed by atoms with Crippen LogP contribution in [0.3, 0.4) is 0 Å². The van der Waals surface area contributed by atoms with Gasteiger partial charge in [-0.2, -0.15) is 0 Å². The minimum Gasteiger partial charge on any atom is -0.416 e. The molecule has 2 aromatic heterocycles. The maximum Gasteiger partial charge on any atom is 0.277 e. The van der Waals surface area contributed by atoms with E-state index in [2.05, 4.69) is 14.8 Å². The standard InChI is InChI=1S/C21H22ClN3O2S/c1-13-11-18(14(2)25(13)10-9-15-3-7-17(22)8-4-15)19(26)12-28-21-24-23-20(27-21)16-5-6-16/h3-4,7-8,11,16H,5-6,9-10,12H2,1-2H3. The van der Waals surface area contributed by atoms with Gasteiger partial charge in [-0.1, -0.05) is 35.5 Å². The van der Waals surface area contributed by atoms with Crippen LogP contribution in [0.2, 0.25) is 5.02 Å². The van der Waals surface area contributed by atoms with Crippen molar-refractivity contribution in [3.8, 4) is 0 Å². The second-order valence-electron chi connectivity index (χ2n) is 7.21. The number of carbonyl (C=O) groups is 1. The maximum absolute atomic E-state index is 12.7. The summed E-state index contributed by atoms with van der Waals surface area (Å²) in [5.74, 6) is 1.52. The van der Waals surface area contributed by atoms with E-state index in [0.717, 1.165) is 47.8 Å². The van der Waals surface area contributed by atoms with Crippen molar-refractivity contribution in [3.63, 3.8) is 0 Å². The number of aryl methyl sites for hydroxylation is 2. The Morgan fingerprint density at radius 3 is 2.71 bits per heavy atom. The lowest BCUT2D eigenvalue weighted by Gasteiger charge is -2.10. The number of hydrogen-bond acceptors (Lipinski definition) is 5. The van der Waals surface area contributed by atoms with Gasteiger partial charge in [-0.05, 0) is 56.9 Å². The summed E-state index contributed by atoms with van der Waals surface area (Å²) in [6.45, 7) is 4.87. The van der Waals surface area contributed by atoms with Crippen LogP contribution >= 0.6 is 23.4 Å². The number of nitrogens with zero attached hydrogens (tertiary/aromatic N) is 3. The highest BCUT2D eigenvalue weighted by Crippen LogP contribution is 2.39. The lowest BCUT2D eigenvalue weighted by atomic mass is 10.1. The van der Waals surface area contributed by atoms with E-state index in [1.165, 1.54) is 17.3 Å². The van der Waals surface area contributed by atoms with Crippen molar-refractivity contribution in [1.29, 1.82) is 0 Å². The third-order valence-electron chi connectivity index (χ3n) is 5.09. The van der Waals surface area contributed by atoms with E-state index >= 15 is 0 Å². The van der Waals surface area contributed by atoms with Crippen molar-refractivity contribution in [3.05, 3.63) is 63.8 Å². The molecule has 0 amide bonds. The van der Waals surface area contributed by atoms with Crippen LogP contribution < -0.4 is 0 Å². The molecule has 0 saturated heterocycles. The molecule has 1 saturated carbocycles. The molecule has 5 nitrogen and oxygen atoms in total. The Bertz CT molecular complexity index is 990. The molecular weight excluding hydrogens is 394 g/mol.